The Bertz CT molecular complexity index is 1190. The predicted octanol–water partition coefficient (Wildman–Crippen LogP) is 3.41. The predicted molar refractivity (Wildman–Crippen MR) is 132 cm³/mol. The SMILES string of the molecule is COc1ccc(C)cc1NC(=O)CNC(=O)c1cc(C)c(C)c(S(=O)(=O)N2CCC(C)CC2)c1. The molecule has 0 aromatic heterocycles. The normalized spacial score (nSPS) is 15.1. The molecular formula is C25H33N3O5S. The van der Waals surface area contributed by atoms with E-state index in [1.165, 1.54) is 17.5 Å². The van der Waals surface area contributed by atoms with Crippen LogP contribution < -0.4 is 15.4 Å². The summed E-state index contributed by atoms with van der Waals surface area (Å²) < 4.78 is 33.4. The maximum atomic E-state index is 13.3. The van der Waals surface area contributed by atoms with Crippen molar-refractivity contribution in [3.05, 3.63) is 52.6 Å². The summed E-state index contributed by atoms with van der Waals surface area (Å²) in [5.74, 6) is 0.0771. The summed E-state index contributed by atoms with van der Waals surface area (Å²) in [5.41, 5.74) is 2.99. The molecule has 0 radical (unpaired) electrons. The average molecular weight is 488 g/mol. The lowest BCUT2D eigenvalue weighted by atomic mass is 10.0. The first-order chi connectivity index (χ1) is 16.0. The van der Waals surface area contributed by atoms with E-state index in [1.807, 2.05) is 13.0 Å². The third kappa shape index (κ3) is 5.77. The minimum Gasteiger partial charge on any atom is -0.495 e. The highest BCUT2D eigenvalue weighted by Gasteiger charge is 2.30. The molecule has 9 heteroatoms. The first-order valence-electron chi connectivity index (χ1n) is 11.4. The van der Waals surface area contributed by atoms with E-state index in [0.29, 0.717) is 41.6 Å². The standard InChI is InChI=1S/C25H33N3O5S/c1-16-8-10-28(11-9-16)34(31,32)23-14-20(13-18(3)19(23)4)25(30)26-15-24(29)27-21-12-17(2)6-7-22(21)33-5/h6-7,12-14,16H,8-11,15H2,1-5H3,(H,26,30)(H,27,29). The number of nitrogens with one attached hydrogen (secondary N) is 2. The van der Waals surface area contributed by atoms with Crippen LogP contribution in [0.4, 0.5) is 5.69 Å². The van der Waals surface area contributed by atoms with Crippen LogP contribution >= 0.6 is 0 Å². The third-order valence-corrected chi connectivity index (χ3v) is 8.31. The molecule has 0 atom stereocenters. The summed E-state index contributed by atoms with van der Waals surface area (Å²) in [7, 11) is -2.21. The maximum absolute atomic E-state index is 13.3. The quantitative estimate of drug-likeness (QED) is 0.623. The van der Waals surface area contributed by atoms with Crippen molar-refractivity contribution in [3.63, 3.8) is 0 Å². The van der Waals surface area contributed by atoms with Crippen molar-refractivity contribution in [3.8, 4) is 5.75 Å². The number of carbonyl (C=O) groups excluding carboxylic acids is 2. The fraction of sp³-hybridized carbons (Fsp3) is 0.440. The number of methoxy groups -OCH3 is 1. The van der Waals surface area contributed by atoms with Crippen LogP contribution in [0, 0.1) is 26.7 Å². The molecule has 184 valence electrons. The molecule has 2 aromatic carbocycles. The number of aryl methyl sites for hydroxylation is 2. The van der Waals surface area contributed by atoms with Crippen molar-refractivity contribution < 1.29 is 22.7 Å². The van der Waals surface area contributed by atoms with Gasteiger partial charge < -0.3 is 15.4 Å². The van der Waals surface area contributed by atoms with Gasteiger partial charge in [-0.2, -0.15) is 4.31 Å². The lowest BCUT2D eigenvalue weighted by Gasteiger charge is -2.30. The number of rotatable bonds is 7. The molecular weight excluding hydrogens is 454 g/mol. The van der Waals surface area contributed by atoms with Gasteiger partial charge in [-0.1, -0.05) is 13.0 Å². The fourth-order valence-corrected chi connectivity index (χ4v) is 5.76. The smallest absolute Gasteiger partial charge is 0.251 e. The van der Waals surface area contributed by atoms with Crippen molar-refractivity contribution in [2.24, 2.45) is 5.92 Å². The molecule has 2 N–H and O–H groups in total. The van der Waals surface area contributed by atoms with E-state index in [0.717, 1.165) is 18.4 Å². The number of anilines is 1. The van der Waals surface area contributed by atoms with Crippen LogP contribution in [0.5, 0.6) is 5.75 Å². The molecule has 8 nitrogen and oxygen atoms in total. The van der Waals surface area contributed by atoms with Gasteiger partial charge in [-0.05, 0) is 80.5 Å². The van der Waals surface area contributed by atoms with E-state index in [-0.39, 0.29) is 17.0 Å². The molecule has 0 saturated carbocycles. The summed E-state index contributed by atoms with van der Waals surface area (Å²) in [6, 6.07) is 8.45. The second-order valence-corrected chi connectivity index (χ2v) is 10.8. The highest BCUT2D eigenvalue weighted by atomic mass is 32.2. The van der Waals surface area contributed by atoms with Crippen LogP contribution in [0.1, 0.15) is 46.8 Å². The lowest BCUT2D eigenvalue weighted by molar-refractivity contribution is -0.115. The number of sulfonamides is 1. The Kier molecular flexibility index (Phi) is 7.99. The number of nitrogens with zero attached hydrogens (tertiary/aromatic N) is 1. The molecule has 3 rings (SSSR count). The van der Waals surface area contributed by atoms with Gasteiger partial charge >= 0.3 is 0 Å². The van der Waals surface area contributed by atoms with Gasteiger partial charge in [0.05, 0.1) is 24.2 Å². The summed E-state index contributed by atoms with van der Waals surface area (Å²) in [6.07, 6.45) is 1.64. The van der Waals surface area contributed by atoms with E-state index in [2.05, 4.69) is 17.6 Å². The number of amides is 2. The molecule has 1 saturated heterocycles. The van der Waals surface area contributed by atoms with Crippen LogP contribution in [0.3, 0.4) is 0 Å². The van der Waals surface area contributed by atoms with Crippen LogP contribution in [-0.4, -0.2) is 51.3 Å². The lowest BCUT2D eigenvalue weighted by Crippen LogP contribution is -2.38. The second kappa shape index (κ2) is 10.6. The third-order valence-electron chi connectivity index (χ3n) is 6.28. The van der Waals surface area contributed by atoms with E-state index in [9.17, 15) is 18.0 Å². The van der Waals surface area contributed by atoms with Gasteiger partial charge in [-0.3, -0.25) is 9.59 Å². The Balaban J connectivity index is 1.74. The minimum atomic E-state index is -3.72. The van der Waals surface area contributed by atoms with E-state index in [1.54, 1.807) is 32.0 Å². The zero-order valence-corrected chi connectivity index (χ0v) is 21.2. The number of benzene rings is 2. The zero-order valence-electron chi connectivity index (χ0n) is 20.4. The summed E-state index contributed by atoms with van der Waals surface area (Å²) in [5, 5.41) is 5.31. The van der Waals surface area contributed by atoms with Crippen molar-refractivity contribution in [1.29, 1.82) is 0 Å². The molecule has 1 fully saturated rings. The van der Waals surface area contributed by atoms with Gasteiger partial charge in [0.15, 0.2) is 0 Å². The summed E-state index contributed by atoms with van der Waals surface area (Å²) >= 11 is 0. The van der Waals surface area contributed by atoms with Crippen LogP contribution in [0.25, 0.3) is 0 Å². The highest BCUT2D eigenvalue weighted by molar-refractivity contribution is 7.89. The molecule has 2 amide bonds. The van der Waals surface area contributed by atoms with Gasteiger partial charge in [0.1, 0.15) is 5.75 Å². The van der Waals surface area contributed by atoms with Gasteiger partial charge in [-0.15, -0.1) is 0 Å². The Morgan fingerprint density at radius 2 is 1.76 bits per heavy atom. The van der Waals surface area contributed by atoms with Gasteiger partial charge in [0, 0.05) is 18.7 Å². The molecule has 34 heavy (non-hydrogen) atoms. The number of carbonyl (C=O) groups is 2. The molecule has 2 aromatic rings. The highest BCUT2D eigenvalue weighted by Crippen LogP contribution is 2.28. The maximum Gasteiger partial charge on any atom is 0.251 e. The van der Waals surface area contributed by atoms with E-state index < -0.39 is 21.8 Å². The summed E-state index contributed by atoms with van der Waals surface area (Å²) in [6.45, 7) is 8.22. The molecule has 0 spiro atoms. The zero-order chi connectivity index (χ0) is 25.0. The van der Waals surface area contributed by atoms with E-state index >= 15 is 0 Å². The molecule has 0 aliphatic carbocycles. The Morgan fingerprint density at radius 3 is 2.41 bits per heavy atom. The number of hydrogen-bond acceptors (Lipinski definition) is 5. The van der Waals surface area contributed by atoms with Crippen LogP contribution in [0.15, 0.2) is 35.2 Å². The summed E-state index contributed by atoms with van der Waals surface area (Å²) in [4.78, 5) is 25.4. The van der Waals surface area contributed by atoms with Gasteiger partial charge in [0.2, 0.25) is 15.9 Å². The van der Waals surface area contributed by atoms with Crippen LogP contribution in [-0.2, 0) is 14.8 Å². The van der Waals surface area contributed by atoms with Crippen molar-refractivity contribution in [1.82, 2.24) is 9.62 Å². The topological polar surface area (TPSA) is 105 Å². The number of ether oxygens (including phenoxy) is 1. The fourth-order valence-electron chi connectivity index (χ4n) is 3.97. The van der Waals surface area contributed by atoms with Gasteiger partial charge in [-0.25, -0.2) is 8.42 Å². The Hall–Kier alpha value is -2.91. The van der Waals surface area contributed by atoms with E-state index in [4.69, 9.17) is 4.74 Å². The largest absolute Gasteiger partial charge is 0.495 e. The van der Waals surface area contributed by atoms with Crippen molar-refractivity contribution >= 4 is 27.5 Å². The molecule has 0 unspecified atom stereocenters. The van der Waals surface area contributed by atoms with Crippen molar-refractivity contribution in [2.75, 3.05) is 32.1 Å². The average Bonchev–Trinajstić information content (AvgIpc) is 2.79. The first kappa shape index (κ1) is 25.7. The van der Waals surface area contributed by atoms with Gasteiger partial charge in [0.25, 0.3) is 5.91 Å². The van der Waals surface area contributed by atoms with Crippen molar-refractivity contribution in [2.45, 2.75) is 45.4 Å². The molecule has 1 aliphatic rings. The number of piperidine rings is 1. The monoisotopic (exact) mass is 487 g/mol. The Morgan fingerprint density at radius 1 is 1.09 bits per heavy atom. The molecule has 1 aliphatic heterocycles. The second-order valence-electron chi connectivity index (χ2n) is 8.94. The minimum absolute atomic E-state index is 0.140. The Labute approximate surface area is 201 Å². The first-order valence-corrected chi connectivity index (χ1v) is 12.8. The molecule has 0 bridgehead atoms. The van der Waals surface area contributed by atoms with Crippen LogP contribution in [0.2, 0.25) is 0 Å². The number of hydrogen-bond donors (Lipinski definition) is 2. The molecule has 1 heterocycles.